The van der Waals surface area contributed by atoms with Crippen LogP contribution in [0.4, 0.5) is 8.78 Å². The van der Waals surface area contributed by atoms with E-state index in [0.717, 1.165) is 36.6 Å². The van der Waals surface area contributed by atoms with E-state index in [2.05, 4.69) is 9.97 Å². The second kappa shape index (κ2) is 10.1. The number of methoxy groups -OCH3 is 1. The van der Waals surface area contributed by atoms with Crippen LogP contribution in [0.25, 0.3) is 0 Å². The first-order valence-electron chi connectivity index (χ1n) is 9.48. The van der Waals surface area contributed by atoms with Gasteiger partial charge in [0.1, 0.15) is 18.0 Å². The van der Waals surface area contributed by atoms with Crippen molar-refractivity contribution in [1.82, 2.24) is 14.9 Å². The maximum absolute atomic E-state index is 14.2. The van der Waals surface area contributed by atoms with Gasteiger partial charge >= 0.3 is 0 Å². The number of hydrogen-bond acceptors (Lipinski definition) is 4. The Bertz CT molecular complexity index is 812. The van der Waals surface area contributed by atoms with Crippen molar-refractivity contribution in [2.45, 2.75) is 46.6 Å². The van der Waals surface area contributed by atoms with Gasteiger partial charge in [0, 0.05) is 12.1 Å². The molecule has 0 saturated heterocycles. The van der Waals surface area contributed by atoms with Gasteiger partial charge in [-0.1, -0.05) is 27.2 Å². The molecule has 0 atom stereocenters. The number of hydrogen-bond donors (Lipinski definition) is 0. The first-order valence-corrected chi connectivity index (χ1v) is 9.48. The third kappa shape index (κ3) is 5.47. The van der Waals surface area contributed by atoms with Crippen LogP contribution in [0.1, 0.15) is 55.2 Å². The van der Waals surface area contributed by atoms with E-state index in [1.54, 1.807) is 0 Å². The minimum absolute atomic E-state index is 0.176. The lowest BCUT2D eigenvalue weighted by molar-refractivity contribution is 0.0727. The zero-order chi connectivity index (χ0) is 20.7. The zero-order valence-electron chi connectivity index (χ0n) is 16.8. The molecule has 0 fully saturated rings. The number of amides is 1. The van der Waals surface area contributed by atoms with Crippen LogP contribution in [0.2, 0.25) is 0 Å². The van der Waals surface area contributed by atoms with E-state index in [-0.39, 0.29) is 12.1 Å². The topological polar surface area (TPSA) is 55.3 Å². The Morgan fingerprint density at radius 2 is 2.00 bits per heavy atom. The summed E-state index contributed by atoms with van der Waals surface area (Å²) < 4.78 is 33.1. The lowest BCUT2D eigenvalue weighted by Gasteiger charge is -2.25. The molecule has 0 radical (unpaired) electrons. The molecule has 1 amide bonds. The number of rotatable bonds is 9. The van der Waals surface area contributed by atoms with Crippen molar-refractivity contribution < 1.29 is 18.3 Å². The average molecular weight is 391 g/mol. The lowest BCUT2D eigenvalue weighted by atomic mass is 10.1. The molecule has 0 aliphatic carbocycles. The molecule has 1 heterocycles. The summed E-state index contributed by atoms with van der Waals surface area (Å²) in [5, 5.41) is 0. The molecule has 1 aromatic heterocycles. The third-order valence-corrected chi connectivity index (χ3v) is 4.45. The molecule has 0 aliphatic heterocycles. The minimum Gasteiger partial charge on any atom is -0.481 e. The summed E-state index contributed by atoms with van der Waals surface area (Å²) in [6.07, 6.45) is 3.67. The summed E-state index contributed by atoms with van der Waals surface area (Å²) in [7, 11) is 1.54. The number of carbonyl (C=O) groups excluding carboxylic acids is 1. The summed E-state index contributed by atoms with van der Waals surface area (Å²) in [4.78, 5) is 23.0. The maximum atomic E-state index is 14.2. The molecule has 7 heteroatoms. The molecule has 28 heavy (non-hydrogen) atoms. The quantitative estimate of drug-likeness (QED) is 0.636. The van der Waals surface area contributed by atoms with Crippen molar-refractivity contribution in [3.8, 4) is 5.88 Å². The van der Waals surface area contributed by atoms with E-state index in [4.69, 9.17) is 4.74 Å². The predicted molar refractivity (Wildman–Crippen MR) is 103 cm³/mol. The molecule has 0 aliphatic rings. The Morgan fingerprint density at radius 1 is 1.25 bits per heavy atom. The zero-order valence-corrected chi connectivity index (χ0v) is 16.8. The Balaban J connectivity index is 2.39. The Morgan fingerprint density at radius 3 is 2.64 bits per heavy atom. The van der Waals surface area contributed by atoms with Crippen LogP contribution < -0.4 is 4.74 Å². The Labute approximate surface area is 164 Å². The van der Waals surface area contributed by atoms with Crippen molar-refractivity contribution in [2.24, 2.45) is 5.92 Å². The summed E-state index contributed by atoms with van der Waals surface area (Å²) in [5.41, 5.74) is 1.21. The van der Waals surface area contributed by atoms with Gasteiger partial charge in [0.25, 0.3) is 5.91 Å². The smallest absolute Gasteiger partial charge is 0.257 e. The summed E-state index contributed by atoms with van der Waals surface area (Å²) in [5.74, 6) is -1.13. The van der Waals surface area contributed by atoms with Crippen molar-refractivity contribution >= 4 is 5.91 Å². The van der Waals surface area contributed by atoms with Gasteiger partial charge in [0.15, 0.2) is 0 Å². The van der Waals surface area contributed by atoms with Crippen LogP contribution in [0, 0.1) is 17.6 Å². The third-order valence-electron chi connectivity index (χ3n) is 4.45. The number of nitrogens with zero attached hydrogens (tertiary/aromatic N) is 3. The van der Waals surface area contributed by atoms with Gasteiger partial charge < -0.3 is 9.64 Å². The highest BCUT2D eigenvalue weighted by atomic mass is 19.1. The molecule has 0 N–H and O–H groups in total. The van der Waals surface area contributed by atoms with E-state index in [9.17, 15) is 13.6 Å². The number of aromatic nitrogens is 2. The first-order chi connectivity index (χ1) is 13.4. The molecule has 152 valence electrons. The fraction of sp³-hybridized carbons (Fsp3) is 0.476. The Kier molecular flexibility index (Phi) is 7.84. The molecule has 2 rings (SSSR count). The molecule has 2 aromatic rings. The predicted octanol–water partition coefficient (Wildman–Crippen LogP) is 4.40. The average Bonchev–Trinajstić information content (AvgIpc) is 2.67. The van der Waals surface area contributed by atoms with Gasteiger partial charge in [-0.3, -0.25) is 4.79 Å². The van der Waals surface area contributed by atoms with Gasteiger partial charge in [-0.05, 0) is 37.0 Å². The van der Waals surface area contributed by atoms with Crippen LogP contribution in [0.15, 0.2) is 24.5 Å². The van der Waals surface area contributed by atoms with Crippen molar-refractivity contribution in [3.63, 3.8) is 0 Å². The van der Waals surface area contributed by atoms with Crippen molar-refractivity contribution in [3.05, 3.63) is 53.0 Å². The number of ether oxygens (including phenoxy) is 1. The van der Waals surface area contributed by atoms with E-state index >= 15 is 0 Å². The highest BCUT2D eigenvalue weighted by molar-refractivity contribution is 5.94. The molecule has 0 saturated carbocycles. The van der Waals surface area contributed by atoms with Gasteiger partial charge in [-0.15, -0.1) is 0 Å². The minimum atomic E-state index is -0.741. The molecule has 0 bridgehead atoms. The Hall–Kier alpha value is -2.57. The van der Waals surface area contributed by atoms with Crippen LogP contribution in [0.3, 0.4) is 0 Å². The largest absolute Gasteiger partial charge is 0.481 e. The summed E-state index contributed by atoms with van der Waals surface area (Å²) in [6, 6.07) is 2.91. The van der Waals surface area contributed by atoms with E-state index in [1.165, 1.54) is 18.3 Å². The highest BCUT2D eigenvalue weighted by Crippen LogP contribution is 2.22. The van der Waals surface area contributed by atoms with E-state index in [0.29, 0.717) is 30.5 Å². The number of carbonyl (C=O) groups is 1. The summed E-state index contributed by atoms with van der Waals surface area (Å²) >= 11 is 0. The highest BCUT2D eigenvalue weighted by Gasteiger charge is 2.23. The lowest BCUT2D eigenvalue weighted by Crippen LogP contribution is -2.33. The van der Waals surface area contributed by atoms with Crippen molar-refractivity contribution in [2.75, 3.05) is 13.7 Å². The standard InChI is InChI=1S/C21H27F2N3O2/c1-5-6-16-19(24-13-25-20(16)28-4)12-26(10-9-14(2)3)21(27)17-11-15(22)7-8-18(17)23/h7-8,11,13-14H,5-6,9-10,12H2,1-4H3. The van der Waals surface area contributed by atoms with E-state index in [1.807, 2.05) is 20.8 Å². The maximum Gasteiger partial charge on any atom is 0.257 e. The van der Waals surface area contributed by atoms with Crippen LogP contribution in [0.5, 0.6) is 5.88 Å². The van der Waals surface area contributed by atoms with Crippen LogP contribution in [-0.2, 0) is 13.0 Å². The van der Waals surface area contributed by atoms with E-state index < -0.39 is 17.5 Å². The van der Waals surface area contributed by atoms with Crippen LogP contribution in [-0.4, -0.2) is 34.4 Å². The fourth-order valence-corrected chi connectivity index (χ4v) is 2.92. The molecule has 0 spiro atoms. The van der Waals surface area contributed by atoms with Crippen molar-refractivity contribution in [1.29, 1.82) is 0 Å². The number of halogens is 2. The fourth-order valence-electron chi connectivity index (χ4n) is 2.92. The molecule has 0 unspecified atom stereocenters. The second-order valence-electron chi connectivity index (χ2n) is 7.09. The molecular formula is C21H27F2N3O2. The first kappa shape index (κ1) is 21.7. The molecule has 1 aromatic carbocycles. The summed E-state index contributed by atoms with van der Waals surface area (Å²) in [6.45, 7) is 6.70. The van der Waals surface area contributed by atoms with Gasteiger partial charge in [0.2, 0.25) is 5.88 Å². The monoisotopic (exact) mass is 391 g/mol. The van der Waals surface area contributed by atoms with Gasteiger partial charge in [0.05, 0.1) is 24.9 Å². The molecule has 5 nitrogen and oxygen atoms in total. The van der Waals surface area contributed by atoms with Gasteiger partial charge in [-0.25, -0.2) is 18.7 Å². The number of benzene rings is 1. The SMILES string of the molecule is CCCc1c(CN(CCC(C)C)C(=O)c2cc(F)ccc2F)ncnc1OC. The van der Waals surface area contributed by atoms with Crippen LogP contribution >= 0.6 is 0 Å². The second-order valence-corrected chi connectivity index (χ2v) is 7.09. The van der Waals surface area contributed by atoms with Gasteiger partial charge in [-0.2, -0.15) is 0 Å². The molecular weight excluding hydrogens is 364 g/mol. The normalized spacial score (nSPS) is 11.0.